The molecule has 0 aliphatic carbocycles. The maximum atomic E-state index is 2.59. The van der Waals surface area contributed by atoms with Crippen molar-refractivity contribution in [3.63, 3.8) is 0 Å². The molecule has 1 aliphatic heterocycles. The molecule has 0 radical (unpaired) electrons. The molecule has 0 saturated carbocycles. The number of benzene rings is 2. The van der Waals surface area contributed by atoms with Gasteiger partial charge >= 0.3 is 0 Å². The maximum Gasteiger partial charge on any atom is 0.0110 e. The number of hydrogen-bond acceptors (Lipinski definition) is 2. The first kappa shape index (κ1) is 16.2. The van der Waals surface area contributed by atoms with Gasteiger partial charge in [0.05, 0.1) is 0 Å². The third-order valence-electron chi connectivity index (χ3n) is 4.88. The number of hydrogen-bond donors (Lipinski definition) is 0. The van der Waals surface area contributed by atoms with Crippen molar-refractivity contribution in [2.24, 2.45) is 0 Å². The topological polar surface area (TPSA) is 6.48 Å². The van der Waals surface area contributed by atoms with Crippen LogP contribution in [0.1, 0.15) is 16.7 Å². The van der Waals surface area contributed by atoms with Crippen LogP contribution in [0.15, 0.2) is 54.6 Å². The highest BCUT2D eigenvalue weighted by atomic mass is 15.2. The first-order chi connectivity index (χ1) is 11.3. The summed E-state index contributed by atoms with van der Waals surface area (Å²) in [4.78, 5) is 5.00. The number of nitrogens with zero attached hydrogens (tertiary/aromatic N) is 2. The van der Waals surface area contributed by atoms with Crippen LogP contribution < -0.4 is 0 Å². The number of rotatable bonds is 6. The van der Waals surface area contributed by atoms with Gasteiger partial charge in [0.1, 0.15) is 0 Å². The van der Waals surface area contributed by atoms with Crippen LogP contribution >= 0.6 is 0 Å². The van der Waals surface area contributed by atoms with Crippen LogP contribution in [-0.4, -0.2) is 49.6 Å². The molecular formula is C21H28N2. The van der Waals surface area contributed by atoms with Crippen LogP contribution in [0.5, 0.6) is 0 Å². The third-order valence-corrected chi connectivity index (χ3v) is 4.88. The lowest BCUT2D eigenvalue weighted by atomic mass is 10.0. The smallest absolute Gasteiger partial charge is 0.0110 e. The largest absolute Gasteiger partial charge is 0.304 e. The Morgan fingerprint density at radius 2 is 1.17 bits per heavy atom. The summed E-state index contributed by atoms with van der Waals surface area (Å²) in [7, 11) is 2.21. The van der Waals surface area contributed by atoms with Crippen LogP contribution in [0.25, 0.3) is 0 Å². The zero-order chi connectivity index (χ0) is 15.9. The Morgan fingerprint density at radius 3 is 1.78 bits per heavy atom. The van der Waals surface area contributed by atoms with Crippen molar-refractivity contribution in [3.8, 4) is 0 Å². The van der Waals surface area contributed by atoms with Crippen molar-refractivity contribution in [1.29, 1.82) is 0 Å². The molecule has 23 heavy (non-hydrogen) atoms. The number of piperazine rings is 1. The molecule has 2 aromatic carbocycles. The summed E-state index contributed by atoms with van der Waals surface area (Å²) in [6, 6.07) is 20.0. The van der Waals surface area contributed by atoms with Gasteiger partial charge in [0.15, 0.2) is 0 Å². The molecule has 0 aromatic heterocycles. The molecule has 1 fully saturated rings. The van der Waals surface area contributed by atoms with Crippen LogP contribution in [-0.2, 0) is 19.3 Å². The second-order valence-electron chi connectivity index (χ2n) is 6.70. The molecule has 2 heteroatoms. The molecule has 2 aromatic rings. The first-order valence-corrected chi connectivity index (χ1v) is 8.82. The molecule has 0 unspecified atom stereocenters. The Balaban J connectivity index is 1.43. The second kappa shape index (κ2) is 8.28. The van der Waals surface area contributed by atoms with Gasteiger partial charge < -0.3 is 9.80 Å². The van der Waals surface area contributed by atoms with E-state index >= 15 is 0 Å². The van der Waals surface area contributed by atoms with E-state index in [1.807, 2.05) is 0 Å². The molecule has 122 valence electrons. The summed E-state index contributed by atoms with van der Waals surface area (Å²) in [6.07, 6.45) is 3.42. The van der Waals surface area contributed by atoms with Gasteiger partial charge in [0.2, 0.25) is 0 Å². The lowest BCUT2D eigenvalue weighted by molar-refractivity contribution is 0.155. The van der Waals surface area contributed by atoms with E-state index in [2.05, 4.69) is 71.4 Å². The normalized spacial score (nSPS) is 16.6. The lowest BCUT2D eigenvalue weighted by Crippen LogP contribution is -2.45. The van der Waals surface area contributed by atoms with Crippen LogP contribution in [0.3, 0.4) is 0 Å². The van der Waals surface area contributed by atoms with E-state index in [9.17, 15) is 0 Å². The van der Waals surface area contributed by atoms with Crippen molar-refractivity contribution >= 4 is 0 Å². The van der Waals surface area contributed by atoms with Crippen molar-refractivity contribution in [2.45, 2.75) is 19.3 Å². The Hall–Kier alpha value is -1.64. The summed E-state index contributed by atoms with van der Waals surface area (Å²) >= 11 is 0. The third kappa shape index (κ3) is 5.19. The van der Waals surface area contributed by atoms with Gasteiger partial charge in [-0.25, -0.2) is 0 Å². The molecule has 0 bridgehead atoms. The van der Waals surface area contributed by atoms with Gasteiger partial charge in [-0.3, -0.25) is 0 Å². The Morgan fingerprint density at radius 1 is 0.652 bits per heavy atom. The summed E-state index contributed by atoms with van der Waals surface area (Å²) in [5.41, 5.74) is 4.33. The summed E-state index contributed by atoms with van der Waals surface area (Å²) < 4.78 is 0. The standard InChI is InChI=1S/C21H28N2/c1-22-15-17-23(18-16-22)14-13-21-11-9-20(10-12-21)8-7-19-5-3-2-4-6-19/h2-6,9-12H,7-8,13-18H2,1H3. The Bertz CT molecular complexity index is 569. The van der Waals surface area contributed by atoms with E-state index in [0.717, 1.165) is 12.8 Å². The summed E-state index contributed by atoms with van der Waals surface area (Å²) in [5.74, 6) is 0. The minimum absolute atomic E-state index is 1.13. The van der Waals surface area contributed by atoms with E-state index in [-0.39, 0.29) is 0 Å². The van der Waals surface area contributed by atoms with E-state index < -0.39 is 0 Å². The Kier molecular flexibility index (Phi) is 5.84. The number of likely N-dealkylation sites (N-methyl/N-ethyl adjacent to an activating group) is 1. The predicted molar refractivity (Wildman–Crippen MR) is 97.9 cm³/mol. The molecular weight excluding hydrogens is 280 g/mol. The highest BCUT2D eigenvalue weighted by molar-refractivity contribution is 5.24. The molecule has 2 nitrogen and oxygen atoms in total. The Labute approximate surface area is 140 Å². The van der Waals surface area contributed by atoms with E-state index in [1.165, 1.54) is 55.8 Å². The highest BCUT2D eigenvalue weighted by Crippen LogP contribution is 2.10. The van der Waals surface area contributed by atoms with Crippen molar-refractivity contribution in [2.75, 3.05) is 39.8 Å². The van der Waals surface area contributed by atoms with Gasteiger partial charge in [-0.05, 0) is 43.0 Å². The van der Waals surface area contributed by atoms with E-state index in [0.29, 0.717) is 0 Å². The van der Waals surface area contributed by atoms with E-state index in [4.69, 9.17) is 0 Å². The molecule has 0 amide bonds. The summed E-state index contributed by atoms with van der Waals surface area (Å²) in [6.45, 7) is 6.03. The van der Waals surface area contributed by atoms with Gasteiger partial charge in [-0.15, -0.1) is 0 Å². The molecule has 1 heterocycles. The predicted octanol–water partition coefficient (Wildman–Crippen LogP) is 3.26. The van der Waals surface area contributed by atoms with Crippen molar-refractivity contribution < 1.29 is 0 Å². The van der Waals surface area contributed by atoms with Crippen LogP contribution in [0.2, 0.25) is 0 Å². The molecule has 0 spiro atoms. The number of aryl methyl sites for hydroxylation is 2. The minimum atomic E-state index is 1.13. The van der Waals surface area contributed by atoms with Gasteiger partial charge in [0.25, 0.3) is 0 Å². The first-order valence-electron chi connectivity index (χ1n) is 8.82. The maximum absolute atomic E-state index is 2.59. The second-order valence-corrected chi connectivity index (χ2v) is 6.70. The lowest BCUT2D eigenvalue weighted by Gasteiger charge is -2.32. The SMILES string of the molecule is CN1CCN(CCc2ccc(CCc3ccccc3)cc2)CC1. The van der Waals surface area contributed by atoms with Crippen LogP contribution in [0.4, 0.5) is 0 Å². The van der Waals surface area contributed by atoms with Gasteiger partial charge in [-0.2, -0.15) is 0 Å². The quantitative estimate of drug-likeness (QED) is 0.808. The average Bonchev–Trinajstić information content (AvgIpc) is 2.61. The molecule has 0 atom stereocenters. The molecule has 1 saturated heterocycles. The zero-order valence-electron chi connectivity index (χ0n) is 14.2. The fourth-order valence-electron chi connectivity index (χ4n) is 3.16. The highest BCUT2D eigenvalue weighted by Gasteiger charge is 2.12. The fraction of sp³-hybridized carbons (Fsp3) is 0.429. The van der Waals surface area contributed by atoms with Crippen LogP contribution in [0, 0.1) is 0 Å². The van der Waals surface area contributed by atoms with Gasteiger partial charge in [-0.1, -0.05) is 54.6 Å². The molecule has 1 aliphatic rings. The monoisotopic (exact) mass is 308 g/mol. The summed E-state index contributed by atoms with van der Waals surface area (Å²) in [5, 5.41) is 0. The fourth-order valence-corrected chi connectivity index (χ4v) is 3.16. The molecule has 3 rings (SSSR count). The van der Waals surface area contributed by atoms with E-state index in [1.54, 1.807) is 0 Å². The minimum Gasteiger partial charge on any atom is -0.304 e. The van der Waals surface area contributed by atoms with Crippen molar-refractivity contribution in [3.05, 3.63) is 71.3 Å². The van der Waals surface area contributed by atoms with Crippen molar-refractivity contribution in [1.82, 2.24) is 9.80 Å². The zero-order valence-corrected chi connectivity index (χ0v) is 14.2. The van der Waals surface area contributed by atoms with Gasteiger partial charge in [0, 0.05) is 32.7 Å². The molecule has 0 N–H and O–H groups in total. The average molecular weight is 308 g/mol.